The molecule has 2 N–H and O–H groups in total. The summed E-state index contributed by atoms with van der Waals surface area (Å²) in [5.41, 5.74) is 1.28. The molecular weight excluding hydrogens is 266 g/mol. The minimum atomic E-state index is -0.536. The van der Waals surface area contributed by atoms with Gasteiger partial charge in [-0.1, -0.05) is 19.9 Å². The van der Waals surface area contributed by atoms with E-state index >= 15 is 0 Å². The Morgan fingerprint density at radius 1 is 1.48 bits per heavy atom. The highest BCUT2D eigenvalue weighted by atomic mass is 16.3. The van der Waals surface area contributed by atoms with Gasteiger partial charge in [-0.05, 0) is 30.9 Å². The molecule has 1 fully saturated rings. The Kier molecular flexibility index (Phi) is 3.68. The largest absolute Gasteiger partial charge is 0.391 e. The van der Waals surface area contributed by atoms with Crippen molar-refractivity contribution in [3.63, 3.8) is 0 Å². The van der Waals surface area contributed by atoms with E-state index in [1.54, 1.807) is 0 Å². The Morgan fingerprint density at radius 3 is 2.90 bits per heavy atom. The van der Waals surface area contributed by atoms with Crippen LogP contribution in [0.1, 0.15) is 48.9 Å². The number of aliphatic hydroxyl groups excluding tert-OH is 1. The third-order valence-corrected chi connectivity index (χ3v) is 3.97. The molecule has 5 heteroatoms. The molecule has 0 aliphatic heterocycles. The maximum absolute atomic E-state index is 12.3. The highest BCUT2D eigenvalue weighted by Crippen LogP contribution is 2.39. The van der Waals surface area contributed by atoms with Crippen LogP contribution < -0.4 is 5.32 Å². The number of rotatable bonds is 5. The number of nitrogens with zero attached hydrogens (tertiary/aromatic N) is 2. The normalized spacial score (nSPS) is 16.4. The minimum Gasteiger partial charge on any atom is -0.391 e. The first-order valence-corrected chi connectivity index (χ1v) is 7.51. The molecule has 0 spiro atoms. The van der Waals surface area contributed by atoms with Crippen molar-refractivity contribution in [3.05, 3.63) is 35.9 Å². The average molecular weight is 287 g/mol. The maximum Gasteiger partial charge on any atom is 0.272 e. The van der Waals surface area contributed by atoms with Gasteiger partial charge in [0.1, 0.15) is 5.82 Å². The fraction of sp³-hybridized carbons (Fsp3) is 0.500. The van der Waals surface area contributed by atoms with Crippen LogP contribution in [0.2, 0.25) is 0 Å². The van der Waals surface area contributed by atoms with Crippen molar-refractivity contribution in [2.45, 2.75) is 38.7 Å². The van der Waals surface area contributed by atoms with Gasteiger partial charge in [-0.3, -0.25) is 4.79 Å². The molecule has 112 valence electrons. The Balaban J connectivity index is 1.84. The first-order valence-electron chi connectivity index (χ1n) is 7.51. The molecule has 0 saturated heterocycles. The quantitative estimate of drug-likeness (QED) is 0.883. The third kappa shape index (κ3) is 2.78. The zero-order valence-corrected chi connectivity index (χ0v) is 12.4. The highest BCUT2D eigenvalue weighted by molar-refractivity contribution is 5.99. The fourth-order valence-corrected chi connectivity index (χ4v) is 2.37. The minimum absolute atomic E-state index is 0.117. The van der Waals surface area contributed by atoms with Crippen molar-refractivity contribution in [1.29, 1.82) is 0 Å². The van der Waals surface area contributed by atoms with Crippen LogP contribution in [0, 0.1) is 5.92 Å². The van der Waals surface area contributed by atoms with Crippen molar-refractivity contribution in [3.8, 4) is 0 Å². The molecule has 2 aromatic heterocycles. The number of nitrogens with one attached hydrogen (secondary N) is 1. The summed E-state index contributed by atoms with van der Waals surface area (Å²) in [5, 5.41) is 12.6. The van der Waals surface area contributed by atoms with E-state index in [2.05, 4.69) is 10.3 Å². The maximum atomic E-state index is 12.3. The molecule has 5 nitrogen and oxygen atoms in total. The van der Waals surface area contributed by atoms with Crippen LogP contribution in [0.5, 0.6) is 0 Å². The average Bonchev–Trinajstić information content (AvgIpc) is 3.25. The number of pyridine rings is 1. The van der Waals surface area contributed by atoms with E-state index in [0.29, 0.717) is 11.6 Å². The molecule has 2 heterocycles. The number of carbonyl (C=O) groups is 1. The van der Waals surface area contributed by atoms with Gasteiger partial charge in [-0.25, -0.2) is 4.98 Å². The SMILES string of the molecule is CC(C)C(O)CNC(=O)c1nc(C2CC2)n2ccccc12. The number of carbonyl (C=O) groups excluding carboxylic acids is 1. The highest BCUT2D eigenvalue weighted by Gasteiger charge is 2.30. The van der Waals surface area contributed by atoms with Crippen LogP contribution in [-0.4, -0.2) is 33.0 Å². The summed E-state index contributed by atoms with van der Waals surface area (Å²) in [7, 11) is 0. The fourth-order valence-electron chi connectivity index (χ4n) is 2.37. The molecule has 1 aliphatic carbocycles. The van der Waals surface area contributed by atoms with Gasteiger partial charge in [-0.15, -0.1) is 0 Å². The van der Waals surface area contributed by atoms with E-state index in [4.69, 9.17) is 0 Å². The summed E-state index contributed by atoms with van der Waals surface area (Å²) in [6.45, 7) is 4.10. The van der Waals surface area contributed by atoms with Gasteiger partial charge >= 0.3 is 0 Å². The lowest BCUT2D eigenvalue weighted by molar-refractivity contribution is 0.0869. The summed E-state index contributed by atoms with van der Waals surface area (Å²) in [4.78, 5) is 16.9. The Labute approximate surface area is 124 Å². The molecule has 1 atom stereocenters. The van der Waals surface area contributed by atoms with Crippen molar-refractivity contribution in [1.82, 2.24) is 14.7 Å². The Bertz CT molecular complexity index is 659. The number of aromatic nitrogens is 2. The van der Waals surface area contributed by atoms with E-state index in [0.717, 1.165) is 24.2 Å². The Morgan fingerprint density at radius 2 is 2.24 bits per heavy atom. The van der Waals surface area contributed by atoms with Crippen LogP contribution in [0.15, 0.2) is 24.4 Å². The molecule has 1 unspecified atom stereocenters. The molecular formula is C16H21N3O2. The second kappa shape index (κ2) is 5.48. The predicted octanol–water partition coefficient (Wildman–Crippen LogP) is 1.96. The molecule has 1 saturated carbocycles. The summed E-state index contributed by atoms with van der Waals surface area (Å²) in [6, 6.07) is 5.77. The summed E-state index contributed by atoms with van der Waals surface area (Å²) in [6.07, 6.45) is 3.70. The van der Waals surface area contributed by atoms with Crippen molar-refractivity contribution in [2.75, 3.05) is 6.54 Å². The number of aliphatic hydroxyl groups is 1. The summed E-state index contributed by atoms with van der Waals surface area (Å²) >= 11 is 0. The smallest absolute Gasteiger partial charge is 0.272 e. The molecule has 2 aromatic rings. The monoisotopic (exact) mass is 287 g/mol. The zero-order valence-electron chi connectivity index (χ0n) is 12.4. The van der Waals surface area contributed by atoms with E-state index < -0.39 is 6.10 Å². The van der Waals surface area contributed by atoms with Gasteiger partial charge in [-0.2, -0.15) is 0 Å². The van der Waals surface area contributed by atoms with Gasteiger partial charge in [0.15, 0.2) is 5.69 Å². The van der Waals surface area contributed by atoms with Gasteiger partial charge in [0, 0.05) is 18.7 Å². The van der Waals surface area contributed by atoms with E-state index in [1.807, 2.05) is 42.6 Å². The molecule has 0 radical (unpaired) electrons. The Hall–Kier alpha value is -1.88. The lowest BCUT2D eigenvalue weighted by Gasteiger charge is -2.14. The molecule has 1 aliphatic rings. The van der Waals surface area contributed by atoms with Crippen LogP contribution in [0.25, 0.3) is 5.52 Å². The molecule has 21 heavy (non-hydrogen) atoms. The van der Waals surface area contributed by atoms with Crippen molar-refractivity contribution < 1.29 is 9.90 Å². The number of imidazole rings is 1. The molecule has 0 bridgehead atoms. The number of hydrogen-bond donors (Lipinski definition) is 2. The van der Waals surface area contributed by atoms with E-state index in [1.165, 1.54) is 0 Å². The van der Waals surface area contributed by atoms with E-state index in [9.17, 15) is 9.90 Å². The van der Waals surface area contributed by atoms with Gasteiger partial charge in [0.05, 0.1) is 11.6 Å². The lowest BCUT2D eigenvalue weighted by atomic mass is 10.1. The van der Waals surface area contributed by atoms with Crippen molar-refractivity contribution >= 4 is 11.4 Å². The molecule has 0 aromatic carbocycles. The topological polar surface area (TPSA) is 66.6 Å². The first-order chi connectivity index (χ1) is 10.1. The second-order valence-corrected chi connectivity index (χ2v) is 6.07. The summed E-state index contributed by atoms with van der Waals surface area (Å²) in [5.74, 6) is 1.35. The number of hydrogen-bond acceptors (Lipinski definition) is 3. The zero-order chi connectivity index (χ0) is 15.0. The third-order valence-electron chi connectivity index (χ3n) is 3.97. The molecule has 3 rings (SSSR count). The standard InChI is InChI=1S/C16H21N3O2/c1-10(2)13(20)9-17-16(21)14-12-5-3-4-8-19(12)15(18-14)11-6-7-11/h3-5,8,10-11,13,20H,6-7,9H2,1-2H3,(H,17,21). The van der Waals surface area contributed by atoms with Crippen LogP contribution in [0.4, 0.5) is 0 Å². The van der Waals surface area contributed by atoms with Gasteiger partial charge in [0.25, 0.3) is 5.91 Å². The van der Waals surface area contributed by atoms with Crippen LogP contribution >= 0.6 is 0 Å². The number of fused-ring (bicyclic) bond motifs is 1. The molecule has 1 amide bonds. The first kappa shape index (κ1) is 14.1. The predicted molar refractivity (Wildman–Crippen MR) is 80.3 cm³/mol. The second-order valence-electron chi connectivity index (χ2n) is 6.07. The van der Waals surface area contributed by atoms with Gasteiger partial charge < -0.3 is 14.8 Å². The van der Waals surface area contributed by atoms with Crippen LogP contribution in [-0.2, 0) is 0 Å². The lowest BCUT2D eigenvalue weighted by Crippen LogP contribution is -2.35. The van der Waals surface area contributed by atoms with E-state index in [-0.39, 0.29) is 18.4 Å². The van der Waals surface area contributed by atoms with Crippen LogP contribution in [0.3, 0.4) is 0 Å². The van der Waals surface area contributed by atoms with Gasteiger partial charge in [0.2, 0.25) is 0 Å². The van der Waals surface area contributed by atoms with Crippen molar-refractivity contribution in [2.24, 2.45) is 5.92 Å². The number of amides is 1. The summed E-state index contributed by atoms with van der Waals surface area (Å²) < 4.78 is 2.01.